The molecule has 14 atom stereocenters. The van der Waals surface area contributed by atoms with E-state index >= 15 is 23.6 Å². The van der Waals surface area contributed by atoms with Gasteiger partial charge >= 0.3 is 5.97 Å². The number of imidazole rings is 1. The van der Waals surface area contributed by atoms with E-state index < -0.39 is 138 Å². The van der Waals surface area contributed by atoms with Crippen LogP contribution in [0.15, 0.2) is 85.5 Å². The monoisotopic (exact) mass is 1460 g/mol. The number of aromatic hydroxyl groups is 1. The number of hydrogen-bond acceptors (Lipinski definition) is 16. The first-order valence-corrected chi connectivity index (χ1v) is 37.6. The standard InChI is InChI=1S/C73H93F2N13O13S2/c1-73(2)52-34-88-65(64(52)73)60(90)26-45(66(77)95)37-103-36-41-7-5-6-40(22-41)35-102-21-19-61(91)82-54(8-3-4-20-76)67(96)80-33-62(92)83-55(25-44-31-79-53-18-15-47(75)28-51(44)53)68(97)84-56(24-43-12-11-42-13-14-46(74)27-50(42)43)69(98)86-58(30-63(93)94)71(100)85-57(29-48-32-78-38-81-48)70(99)87-59(72(88)101)23-39-9-16-49(89)17-10-39/h5-7,9-10,15-18,22,28,31-32,38,42-43,45-46,50,52,54-59,64-65,79,89H,3-4,8,11-14,19-21,23-27,29-30,33-37,76H2,1-2H3,(H2,77,95)(H,78,81)(H,80,96)(H,82,91)(H,83,92)(H,84,97)(H,85,100)(H,86,98)(H,87,99)(H,93,94)/t42?,43?,45-,46?,50?,52-,54-,55-,56-,57-,58-,59-,64-,65+/m0/s1. The van der Waals surface area contributed by atoms with Crippen molar-refractivity contribution in [2.75, 3.05) is 31.1 Å². The molecule has 0 spiro atoms. The molecule has 15 N–H and O–H groups in total. The van der Waals surface area contributed by atoms with Gasteiger partial charge in [0.05, 0.1) is 31.3 Å². The van der Waals surface area contributed by atoms with Crippen molar-refractivity contribution >= 4 is 99.3 Å². The maximum atomic E-state index is 15.4. The number of Topliss-reactive ketones (excluding diaryl/α,β-unsaturated/α-hetero) is 1. The lowest BCUT2D eigenvalue weighted by Gasteiger charge is -2.34. The molecule has 3 aromatic carbocycles. The number of rotatable bonds is 15. The molecule has 5 aromatic rings. The Balaban J connectivity index is 0.977. The van der Waals surface area contributed by atoms with Crippen molar-refractivity contribution in [3.8, 4) is 5.75 Å². The zero-order valence-electron chi connectivity index (χ0n) is 57.7. The number of phenols is 1. The average molecular weight is 1460 g/mol. The van der Waals surface area contributed by atoms with Crippen LogP contribution >= 0.6 is 23.5 Å². The topological polar surface area (TPSA) is 412 Å². The van der Waals surface area contributed by atoms with Crippen LogP contribution < -0.4 is 48.7 Å². The van der Waals surface area contributed by atoms with Gasteiger partial charge in [-0.3, -0.25) is 52.7 Å². The number of benzene rings is 3. The van der Waals surface area contributed by atoms with Gasteiger partial charge in [0.25, 0.3) is 0 Å². The number of aromatic nitrogens is 3. The Morgan fingerprint density at radius 1 is 0.738 bits per heavy atom. The summed E-state index contributed by atoms with van der Waals surface area (Å²) in [4.78, 5) is 170. The van der Waals surface area contributed by atoms with E-state index in [1.807, 2.05) is 38.1 Å². The van der Waals surface area contributed by atoms with Gasteiger partial charge < -0.3 is 73.8 Å². The molecular formula is C73H93F2N13O13S2. The van der Waals surface area contributed by atoms with Gasteiger partial charge in [0.1, 0.15) is 54.0 Å². The number of phenolic OH excluding ortho intramolecular Hbond substituents is 1. The number of H-pyrrole nitrogens is 2. The minimum atomic E-state index is -1.97. The molecule has 3 saturated carbocycles. The number of carboxylic acid groups (broad SMARTS) is 1. The van der Waals surface area contributed by atoms with Crippen LogP contribution in [0.1, 0.15) is 119 Å². The molecule has 0 radical (unpaired) electrons. The Hall–Kier alpha value is -8.90. The Morgan fingerprint density at radius 2 is 1.42 bits per heavy atom. The molecule has 1 saturated heterocycles. The van der Waals surface area contributed by atoms with Crippen molar-refractivity contribution in [1.29, 1.82) is 0 Å². The molecule has 4 heterocycles. The summed E-state index contributed by atoms with van der Waals surface area (Å²) in [6, 6.07) is 7.22. The number of piperidine rings is 1. The second kappa shape index (κ2) is 35.1. The number of carbonyl (C=O) groups excluding carboxylic acids is 10. The van der Waals surface area contributed by atoms with E-state index in [9.17, 15) is 48.2 Å². The fourth-order valence-electron chi connectivity index (χ4n) is 15.5. The van der Waals surface area contributed by atoms with Crippen molar-refractivity contribution < 1.29 is 71.7 Å². The van der Waals surface area contributed by atoms with Crippen LogP contribution in [0.3, 0.4) is 0 Å². The molecule has 10 rings (SSSR count). The number of ketones is 1. The Bertz CT molecular complexity index is 3900. The molecule has 5 aliphatic rings. The van der Waals surface area contributed by atoms with Crippen LogP contribution in [0.2, 0.25) is 0 Å². The largest absolute Gasteiger partial charge is 0.508 e. The summed E-state index contributed by atoms with van der Waals surface area (Å²) in [5.74, 6) is -10.6. The maximum absolute atomic E-state index is 15.4. The van der Waals surface area contributed by atoms with Crippen LogP contribution in [0.5, 0.6) is 5.75 Å². The summed E-state index contributed by atoms with van der Waals surface area (Å²) >= 11 is 2.90. The number of unbranched alkanes of at least 4 members (excludes halogenated alkanes) is 1. The number of carboxylic acids is 1. The van der Waals surface area contributed by atoms with E-state index in [4.69, 9.17) is 11.5 Å². The zero-order chi connectivity index (χ0) is 73.6. The minimum absolute atomic E-state index is 0.0314. The first-order valence-electron chi connectivity index (χ1n) is 35.3. The lowest BCUT2D eigenvalue weighted by atomic mass is 9.75. The number of amides is 9. The Labute approximate surface area is 603 Å². The minimum Gasteiger partial charge on any atom is -0.508 e. The van der Waals surface area contributed by atoms with Gasteiger partial charge in [0, 0.05) is 90.7 Å². The van der Waals surface area contributed by atoms with Crippen LogP contribution in [0.4, 0.5) is 8.78 Å². The molecule has 3 aliphatic carbocycles. The number of thioether (sulfide) groups is 2. The highest BCUT2D eigenvalue weighted by atomic mass is 32.2. The van der Waals surface area contributed by atoms with E-state index in [2.05, 4.69) is 52.2 Å². The number of halogens is 2. The second-order valence-electron chi connectivity index (χ2n) is 28.6. The molecule has 2 bridgehead atoms. The number of alkyl halides is 1. The number of carbonyl (C=O) groups is 11. The van der Waals surface area contributed by atoms with Crippen molar-refractivity contribution in [1.82, 2.24) is 57.1 Å². The molecule has 103 heavy (non-hydrogen) atoms. The number of aromatic amines is 2. The number of nitrogens with zero attached hydrogens (tertiary/aromatic N) is 2. The Kier molecular flexibility index (Phi) is 26.1. The second-order valence-corrected chi connectivity index (χ2v) is 30.8. The van der Waals surface area contributed by atoms with Crippen molar-refractivity contribution in [2.45, 2.75) is 170 Å². The normalized spacial score (nSPS) is 28.4. The molecule has 26 nitrogen and oxygen atoms in total. The molecular weight excluding hydrogens is 1370 g/mol. The molecule has 2 aliphatic heterocycles. The third kappa shape index (κ3) is 20.3. The number of primary amides is 1. The number of nitrogens with one attached hydrogen (secondary N) is 9. The van der Waals surface area contributed by atoms with Gasteiger partial charge in [-0.25, -0.2) is 13.8 Å². The summed E-state index contributed by atoms with van der Waals surface area (Å²) < 4.78 is 30.2. The van der Waals surface area contributed by atoms with E-state index in [1.54, 1.807) is 12.1 Å². The summed E-state index contributed by atoms with van der Waals surface area (Å²) in [6.07, 6.45) is 4.23. The van der Waals surface area contributed by atoms with Crippen LogP contribution in [-0.2, 0) is 83.5 Å². The van der Waals surface area contributed by atoms with Gasteiger partial charge in [-0.1, -0.05) is 50.2 Å². The highest BCUT2D eigenvalue weighted by molar-refractivity contribution is 7.98. The lowest BCUT2D eigenvalue weighted by Crippen LogP contribution is -2.61. The average Bonchev–Trinajstić information content (AvgIpc) is 1.52. The van der Waals surface area contributed by atoms with Crippen LogP contribution in [0.25, 0.3) is 10.9 Å². The van der Waals surface area contributed by atoms with Crippen molar-refractivity contribution in [3.05, 3.63) is 119 Å². The molecule has 2 aromatic heterocycles. The molecule has 4 unspecified atom stereocenters. The van der Waals surface area contributed by atoms with Gasteiger partial charge in [0.2, 0.25) is 53.2 Å². The molecule has 4 fully saturated rings. The maximum Gasteiger partial charge on any atom is 0.305 e. The van der Waals surface area contributed by atoms with Gasteiger partial charge in [-0.05, 0) is 152 Å². The van der Waals surface area contributed by atoms with Crippen molar-refractivity contribution in [2.24, 2.45) is 52.4 Å². The summed E-state index contributed by atoms with van der Waals surface area (Å²) in [5, 5.41) is 39.8. The third-order valence-electron chi connectivity index (χ3n) is 21.1. The highest BCUT2D eigenvalue weighted by Gasteiger charge is 2.69. The molecule has 9 amide bonds. The van der Waals surface area contributed by atoms with E-state index in [-0.39, 0.29) is 104 Å². The summed E-state index contributed by atoms with van der Waals surface area (Å²) in [7, 11) is 0. The number of aliphatic carboxylic acids is 1. The van der Waals surface area contributed by atoms with Crippen molar-refractivity contribution in [3.63, 3.8) is 0 Å². The predicted molar refractivity (Wildman–Crippen MR) is 381 cm³/mol. The fourth-order valence-corrected chi connectivity index (χ4v) is 17.5. The SMILES string of the molecule is CC1(C)[C@@H]2[C@H]3C(=O)C[C@H](C(N)=O)CSCc4cccc(c4)CSCCC(=O)N[C@@H](CCCCN)C(=O)NCC(=O)N[C@@H](Cc4c[nH]c5ccc(F)cc45)C(=O)N[C@@H](CC4CCC5CCC(F)CC54)C(=O)N[C@@H](CC(=O)O)C(=O)N[C@@H](Cc4cnc[nH]4)C(=O)N[C@@H](Cc4ccc(O)cc4)C(=O)N3C[C@@H]21. The zero-order valence-corrected chi connectivity index (χ0v) is 59.4. The smallest absolute Gasteiger partial charge is 0.305 e. The Morgan fingerprint density at radius 3 is 2.14 bits per heavy atom. The fraction of sp³-hybridized carbons (Fsp3) is 0.534. The predicted octanol–water partition coefficient (Wildman–Crippen LogP) is 4.06. The van der Waals surface area contributed by atoms with Crippen LogP contribution in [0, 0.1) is 46.7 Å². The third-order valence-corrected chi connectivity index (χ3v) is 23.3. The van der Waals surface area contributed by atoms with E-state index in [0.717, 1.165) is 11.1 Å². The van der Waals surface area contributed by atoms with E-state index in [0.29, 0.717) is 90.1 Å². The number of hydrogen-bond donors (Lipinski definition) is 13. The quantitative estimate of drug-likeness (QED) is 0.0657. The van der Waals surface area contributed by atoms with E-state index in [1.165, 1.54) is 77.5 Å². The number of fused-ring (bicyclic) bond motifs is 7. The van der Waals surface area contributed by atoms with Gasteiger partial charge in [-0.15, -0.1) is 0 Å². The lowest BCUT2D eigenvalue weighted by molar-refractivity contribution is -0.143. The highest BCUT2D eigenvalue weighted by Crippen LogP contribution is 2.65. The molecule has 30 heteroatoms. The summed E-state index contributed by atoms with van der Waals surface area (Å²) in [5.41, 5.74) is 14.9. The van der Waals surface area contributed by atoms with Gasteiger partial charge in [-0.2, -0.15) is 23.5 Å². The molecule has 554 valence electrons. The first kappa shape index (κ1) is 76.7. The van der Waals surface area contributed by atoms with Crippen LogP contribution in [-0.4, -0.2) is 175 Å². The number of nitrogens with two attached hydrogens (primary N) is 2. The van der Waals surface area contributed by atoms with Gasteiger partial charge in [0.15, 0.2) is 5.78 Å². The first-order chi connectivity index (χ1) is 49.3. The summed E-state index contributed by atoms with van der Waals surface area (Å²) in [6.45, 7) is 3.71.